The van der Waals surface area contributed by atoms with E-state index in [9.17, 15) is 14.4 Å². The van der Waals surface area contributed by atoms with Crippen LogP contribution in [0.5, 0.6) is 0 Å². The molecule has 1 N–H and O–H groups in total. The first-order valence-corrected chi connectivity index (χ1v) is 6.21. The molecule has 0 saturated carbocycles. The van der Waals surface area contributed by atoms with Gasteiger partial charge in [-0.25, -0.2) is 9.59 Å². The summed E-state index contributed by atoms with van der Waals surface area (Å²) in [5.74, 6) is -1.30. The van der Waals surface area contributed by atoms with Crippen molar-refractivity contribution in [1.29, 1.82) is 0 Å². The van der Waals surface area contributed by atoms with Crippen LogP contribution < -0.4 is 5.32 Å². The summed E-state index contributed by atoms with van der Waals surface area (Å²) >= 11 is 0. The Morgan fingerprint density at radius 3 is 2.38 bits per heavy atom. The van der Waals surface area contributed by atoms with E-state index in [4.69, 9.17) is 4.74 Å². The largest absolute Gasteiger partial charge is 0.467 e. The molecule has 1 aromatic rings. The molecule has 7 nitrogen and oxygen atoms in total. The molecule has 7 heteroatoms. The summed E-state index contributed by atoms with van der Waals surface area (Å²) < 4.78 is 14.2. The first-order valence-electron chi connectivity index (χ1n) is 6.21. The lowest BCUT2D eigenvalue weighted by atomic mass is 10.2. The van der Waals surface area contributed by atoms with Crippen LogP contribution in [-0.2, 0) is 30.4 Å². The van der Waals surface area contributed by atoms with Crippen molar-refractivity contribution < 1.29 is 28.6 Å². The number of benzene rings is 1. The van der Waals surface area contributed by atoms with Gasteiger partial charge in [0.1, 0.15) is 13.2 Å². The highest BCUT2D eigenvalue weighted by Crippen LogP contribution is 2.01. The van der Waals surface area contributed by atoms with Gasteiger partial charge in [-0.3, -0.25) is 4.79 Å². The van der Waals surface area contributed by atoms with Crippen molar-refractivity contribution in [1.82, 2.24) is 5.32 Å². The van der Waals surface area contributed by atoms with E-state index in [1.807, 2.05) is 18.2 Å². The van der Waals surface area contributed by atoms with Crippen LogP contribution in [0.3, 0.4) is 0 Å². The van der Waals surface area contributed by atoms with Gasteiger partial charge in [0.05, 0.1) is 7.11 Å². The third-order valence-corrected chi connectivity index (χ3v) is 2.44. The zero-order valence-corrected chi connectivity index (χ0v) is 11.8. The minimum atomic E-state index is -1.11. The second-order valence-electron chi connectivity index (χ2n) is 4.08. The monoisotopic (exact) mass is 295 g/mol. The molecule has 0 bridgehead atoms. The molecule has 21 heavy (non-hydrogen) atoms. The summed E-state index contributed by atoms with van der Waals surface area (Å²) in [7, 11) is 1.17. The van der Waals surface area contributed by atoms with E-state index < -0.39 is 24.1 Å². The Morgan fingerprint density at radius 1 is 1.14 bits per heavy atom. The van der Waals surface area contributed by atoms with Gasteiger partial charge in [0.25, 0.3) is 0 Å². The zero-order chi connectivity index (χ0) is 15.7. The normalized spacial score (nSPS) is 11.1. The van der Waals surface area contributed by atoms with Gasteiger partial charge in [0.2, 0.25) is 0 Å². The smallest absolute Gasteiger partial charge is 0.408 e. The molecule has 0 aliphatic carbocycles. The van der Waals surface area contributed by atoms with Gasteiger partial charge in [0.15, 0.2) is 6.04 Å². The summed E-state index contributed by atoms with van der Waals surface area (Å²) in [5.41, 5.74) is 0.808. The number of alkyl carbamates (subject to hydrolysis) is 1. The lowest BCUT2D eigenvalue weighted by Gasteiger charge is -2.16. The van der Waals surface area contributed by atoms with E-state index in [0.717, 1.165) is 5.56 Å². The molecule has 1 rings (SSSR count). The number of hydrogen-bond donors (Lipinski definition) is 1. The molecule has 0 fully saturated rings. The maximum Gasteiger partial charge on any atom is 0.408 e. The Bertz CT molecular complexity index is 487. The summed E-state index contributed by atoms with van der Waals surface area (Å²) in [6.07, 6.45) is -0.804. The van der Waals surface area contributed by atoms with Crippen LogP contribution >= 0.6 is 0 Å². The molecule has 1 amide bonds. The Balaban J connectivity index is 2.47. The molecular weight excluding hydrogens is 278 g/mol. The van der Waals surface area contributed by atoms with Crippen molar-refractivity contribution >= 4 is 18.0 Å². The van der Waals surface area contributed by atoms with E-state index in [2.05, 4.69) is 14.8 Å². The number of methoxy groups -OCH3 is 1. The Labute approximate surface area is 122 Å². The number of carbonyl (C=O) groups excluding carboxylic acids is 3. The number of esters is 2. The number of hydrogen-bond acceptors (Lipinski definition) is 6. The summed E-state index contributed by atoms with van der Waals surface area (Å²) in [4.78, 5) is 33.8. The maximum atomic E-state index is 11.6. The van der Waals surface area contributed by atoms with Gasteiger partial charge in [0, 0.05) is 6.92 Å². The van der Waals surface area contributed by atoms with Gasteiger partial charge in [-0.2, -0.15) is 0 Å². The van der Waals surface area contributed by atoms with Crippen LogP contribution in [0.4, 0.5) is 4.79 Å². The average molecular weight is 295 g/mol. The SMILES string of the molecule is COC(=O)C(COC(C)=O)NC(=O)OCc1ccccc1. The molecule has 114 valence electrons. The Hall–Kier alpha value is -2.57. The van der Waals surface area contributed by atoms with E-state index >= 15 is 0 Å². The van der Waals surface area contributed by atoms with Crippen molar-refractivity contribution in [3.05, 3.63) is 35.9 Å². The maximum absolute atomic E-state index is 11.6. The Morgan fingerprint density at radius 2 is 1.81 bits per heavy atom. The van der Waals surface area contributed by atoms with Crippen molar-refractivity contribution in [2.75, 3.05) is 13.7 Å². The molecule has 0 aliphatic rings. The van der Waals surface area contributed by atoms with Crippen molar-refractivity contribution in [2.24, 2.45) is 0 Å². The van der Waals surface area contributed by atoms with E-state index in [1.165, 1.54) is 14.0 Å². The van der Waals surface area contributed by atoms with Crippen molar-refractivity contribution in [3.8, 4) is 0 Å². The molecule has 1 atom stereocenters. The lowest BCUT2D eigenvalue weighted by molar-refractivity contribution is -0.149. The summed E-state index contributed by atoms with van der Waals surface area (Å²) in [6, 6.07) is 7.95. The first kappa shape index (κ1) is 16.5. The van der Waals surface area contributed by atoms with Crippen LogP contribution in [0.1, 0.15) is 12.5 Å². The van der Waals surface area contributed by atoms with Crippen molar-refractivity contribution in [3.63, 3.8) is 0 Å². The number of amides is 1. The fourth-order valence-electron chi connectivity index (χ4n) is 1.42. The van der Waals surface area contributed by atoms with Gasteiger partial charge in [-0.15, -0.1) is 0 Å². The number of nitrogens with one attached hydrogen (secondary N) is 1. The molecule has 0 radical (unpaired) electrons. The number of ether oxygens (including phenoxy) is 3. The highest BCUT2D eigenvalue weighted by Gasteiger charge is 2.23. The second kappa shape index (κ2) is 8.57. The fraction of sp³-hybridized carbons (Fsp3) is 0.357. The first-order chi connectivity index (χ1) is 10.0. The molecule has 1 unspecified atom stereocenters. The lowest BCUT2D eigenvalue weighted by Crippen LogP contribution is -2.45. The number of carbonyl (C=O) groups is 3. The van der Waals surface area contributed by atoms with E-state index in [0.29, 0.717) is 0 Å². The summed E-state index contributed by atoms with van der Waals surface area (Å²) in [6.45, 7) is 0.943. The highest BCUT2D eigenvalue weighted by atomic mass is 16.6. The minimum Gasteiger partial charge on any atom is -0.467 e. The standard InChI is InChI=1S/C14H17NO6/c1-10(16)20-9-12(13(17)19-2)15-14(18)21-8-11-6-4-3-5-7-11/h3-7,12H,8-9H2,1-2H3,(H,15,18). The molecule has 0 aromatic heterocycles. The fourth-order valence-corrected chi connectivity index (χ4v) is 1.42. The van der Waals surface area contributed by atoms with Gasteiger partial charge in [-0.1, -0.05) is 30.3 Å². The van der Waals surface area contributed by atoms with Gasteiger partial charge in [-0.05, 0) is 5.56 Å². The average Bonchev–Trinajstić information content (AvgIpc) is 2.49. The molecule has 0 saturated heterocycles. The molecule has 0 aliphatic heterocycles. The van der Waals surface area contributed by atoms with Crippen LogP contribution in [0.15, 0.2) is 30.3 Å². The topological polar surface area (TPSA) is 90.9 Å². The van der Waals surface area contributed by atoms with Crippen LogP contribution in [0, 0.1) is 0 Å². The molecule has 1 aromatic carbocycles. The molecule has 0 heterocycles. The number of rotatable bonds is 6. The Kier molecular flexibility index (Phi) is 6.73. The second-order valence-corrected chi connectivity index (χ2v) is 4.08. The van der Waals surface area contributed by atoms with Crippen LogP contribution in [-0.4, -0.2) is 37.8 Å². The molecular formula is C14H17NO6. The third kappa shape index (κ3) is 6.42. The van der Waals surface area contributed by atoms with E-state index in [1.54, 1.807) is 12.1 Å². The third-order valence-electron chi connectivity index (χ3n) is 2.44. The quantitative estimate of drug-likeness (QED) is 0.622. The van der Waals surface area contributed by atoms with Crippen LogP contribution in [0.25, 0.3) is 0 Å². The predicted molar refractivity (Wildman–Crippen MR) is 72.2 cm³/mol. The highest BCUT2D eigenvalue weighted by molar-refractivity contribution is 5.81. The zero-order valence-electron chi connectivity index (χ0n) is 11.8. The van der Waals surface area contributed by atoms with Crippen molar-refractivity contribution in [2.45, 2.75) is 19.6 Å². The van der Waals surface area contributed by atoms with E-state index in [-0.39, 0.29) is 13.2 Å². The predicted octanol–water partition coefficient (Wildman–Crippen LogP) is 1.02. The minimum absolute atomic E-state index is 0.0636. The van der Waals surface area contributed by atoms with Gasteiger partial charge < -0.3 is 19.5 Å². The van der Waals surface area contributed by atoms with Gasteiger partial charge >= 0.3 is 18.0 Å². The molecule has 0 spiro atoms. The van der Waals surface area contributed by atoms with Crippen LogP contribution in [0.2, 0.25) is 0 Å². The summed E-state index contributed by atoms with van der Waals surface area (Å²) in [5, 5.41) is 2.28.